The van der Waals surface area contributed by atoms with E-state index in [9.17, 15) is 9.59 Å². The molecule has 0 radical (unpaired) electrons. The molecule has 1 amide bonds. The second-order valence-corrected chi connectivity index (χ2v) is 4.77. The van der Waals surface area contributed by atoms with Crippen molar-refractivity contribution in [3.8, 4) is 0 Å². The fourth-order valence-electron chi connectivity index (χ4n) is 2.37. The number of carbonyl (C=O) groups is 2. The van der Waals surface area contributed by atoms with Gasteiger partial charge in [-0.05, 0) is 25.2 Å². The number of carbonyl (C=O) groups excluding carboxylic acids is 1. The highest BCUT2D eigenvalue weighted by atomic mass is 16.4. The lowest BCUT2D eigenvalue weighted by Gasteiger charge is -2.23. The molecule has 0 heterocycles. The van der Waals surface area contributed by atoms with Crippen molar-refractivity contribution in [1.29, 1.82) is 0 Å². The first kappa shape index (κ1) is 13.0. The third kappa shape index (κ3) is 3.51. The van der Waals surface area contributed by atoms with Crippen LogP contribution in [0.3, 0.4) is 0 Å². The van der Waals surface area contributed by atoms with Gasteiger partial charge >= 0.3 is 5.97 Å². The Hall–Kier alpha value is -1.06. The van der Waals surface area contributed by atoms with Crippen LogP contribution in [-0.4, -0.2) is 35.5 Å². The first-order valence-electron chi connectivity index (χ1n) is 5.99. The highest BCUT2D eigenvalue weighted by Gasteiger charge is 2.31. The van der Waals surface area contributed by atoms with Gasteiger partial charge < -0.3 is 10.0 Å². The first-order chi connectivity index (χ1) is 7.52. The van der Waals surface area contributed by atoms with Crippen LogP contribution in [0.1, 0.15) is 39.0 Å². The topological polar surface area (TPSA) is 57.6 Å². The molecule has 0 aromatic carbocycles. The zero-order chi connectivity index (χ0) is 12.1. The predicted octanol–water partition coefficient (Wildman–Crippen LogP) is 1.75. The summed E-state index contributed by atoms with van der Waals surface area (Å²) < 4.78 is 0. The molecule has 2 atom stereocenters. The minimum absolute atomic E-state index is 0.137. The fourth-order valence-corrected chi connectivity index (χ4v) is 2.37. The number of hydrogen-bond acceptors (Lipinski definition) is 2. The van der Waals surface area contributed by atoms with E-state index in [2.05, 4.69) is 6.92 Å². The summed E-state index contributed by atoms with van der Waals surface area (Å²) in [6.45, 7) is 2.68. The van der Waals surface area contributed by atoms with E-state index in [4.69, 9.17) is 5.11 Å². The molecule has 1 fully saturated rings. The Kier molecular flexibility index (Phi) is 4.77. The van der Waals surface area contributed by atoms with Gasteiger partial charge in [-0.25, -0.2) is 0 Å². The molecular weight excluding hydrogens is 206 g/mol. The summed E-state index contributed by atoms with van der Waals surface area (Å²) in [6.07, 6.45) is 3.94. The van der Waals surface area contributed by atoms with Gasteiger partial charge in [0.2, 0.25) is 5.91 Å². The molecule has 0 saturated heterocycles. The lowest BCUT2D eigenvalue weighted by atomic mass is 9.97. The van der Waals surface area contributed by atoms with E-state index in [1.807, 2.05) is 0 Å². The SMILES string of the molecule is CC1CCCC1C(=O)N(C)CCCC(=O)O. The van der Waals surface area contributed by atoms with E-state index in [-0.39, 0.29) is 18.2 Å². The lowest BCUT2D eigenvalue weighted by Crippen LogP contribution is -2.34. The highest BCUT2D eigenvalue weighted by molar-refractivity contribution is 5.79. The van der Waals surface area contributed by atoms with Gasteiger partial charge in [0.15, 0.2) is 0 Å². The Morgan fingerprint density at radius 2 is 2.06 bits per heavy atom. The van der Waals surface area contributed by atoms with Crippen LogP contribution in [0.2, 0.25) is 0 Å². The summed E-state index contributed by atoms with van der Waals surface area (Å²) in [6, 6.07) is 0. The third-order valence-corrected chi connectivity index (χ3v) is 3.44. The Bertz CT molecular complexity index is 265. The number of amides is 1. The molecule has 1 aliphatic carbocycles. The molecule has 0 aliphatic heterocycles. The largest absolute Gasteiger partial charge is 0.481 e. The van der Waals surface area contributed by atoms with Crippen molar-refractivity contribution in [3.05, 3.63) is 0 Å². The smallest absolute Gasteiger partial charge is 0.303 e. The number of carboxylic acid groups (broad SMARTS) is 1. The number of carboxylic acids is 1. The van der Waals surface area contributed by atoms with Gasteiger partial charge in [-0.3, -0.25) is 9.59 Å². The van der Waals surface area contributed by atoms with Crippen molar-refractivity contribution in [2.45, 2.75) is 39.0 Å². The average Bonchev–Trinajstić information content (AvgIpc) is 2.62. The summed E-state index contributed by atoms with van der Waals surface area (Å²) in [7, 11) is 1.77. The minimum Gasteiger partial charge on any atom is -0.481 e. The Labute approximate surface area is 96.6 Å². The quantitative estimate of drug-likeness (QED) is 0.778. The maximum Gasteiger partial charge on any atom is 0.303 e. The van der Waals surface area contributed by atoms with Crippen molar-refractivity contribution >= 4 is 11.9 Å². The van der Waals surface area contributed by atoms with Crippen LogP contribution in [0.15, 0.2) is 0 Å². The Balaban J connectivity index is 2.32. The lowest BCUT2D eigenvalue weighted by molar-refractivity contribution is -0.139. The molecule has 0 aromatic rings. The zero-order valence-corrected chi connectivity index (χ0v) is 10.1. The molecule has 4 heteroatoms. The summed E-state index contributed by atoms with van der Waals surface area (Å²) in [5.41, 5.74) is 0. The summed E-state index contributed by atoms with van der Waals surface area (Å²) >= 11 is 0. The molecule has 92 valence electrons. The fraction of sp³-hybridized carbons (Fsp3) is 0.833. The molecule has 0 aromatic heterocycles. The summed E-state index contributed by atoms with van der Waals surface area (Å²) in [5.74, 6) is 0.0368. The van der Waals surface area contributed by atoms with Crippen LogP contribution in [0.5, 0.6) is 0 Å². The van der Waals surface area contributed by atoms with Crippen LogP contribution in [0, 0.1) is 11.8 Å². The van der Waals surface area contributed by atoms with Crippen LogP contribution in [-0.2, 0) is 9.59 Å². The maximum atomic E-state index is 12.0. The maximum absolute atomic E-state index is 12.0. The van der Waals surface area contributed by atoms with E-state index in [1.54, 1.807) is 11.9 Å². The number of hydrogen-bond donors (Lipinski definition) is 1. The van der Waals surface area contributed by atoms with Gasteiger partial charge in [0.1, 0.15) is 0 Å². The van der Waals surface area contributed by atoms with Crippen LogP contribution < -0.4 is 0 Å². The van der Waals surface area contributed by atoms with E-state index in [1.165, 1.54) is 0 Å². The zero-order valence-electron chi connectivity index (χ0n) is 10.1. The van der Waals surface area contributed by atoms with Crippen LogP contribution in [0.4, 0.5) is 0 Å². The summed E-state index contributed by atoms with van der Waals surface area (Å²) in [5, 5.41) is 8.52. The normalized spacial score (nSPS) is 24.4. The third-order valence-electron chi connectivity index (χ3n) is 3.44. The molecule has 0 spiro atoms. The molecule has 2 unspecified atom stereocenters. The standard InChI is InChI=1S/C12H21NO3/c1-9-5-3-6-10(9)12(16)13(2)8-4-7-11(14)15/h9-10H,3-8H2,1-2H3,(H,14,15). The summed E-state index contributed by atoms with van der Waals surface area (Å²) in [4.78, 5) is 24.1. The van der Waals surface area contributed by atoms with Gasteiger partial charge in [0.25, 0.3) is 0 Å². The Morgan fingerprint density at radius 1 is 1.38 bits per heavy atom. The van der Waals surface area contributed by atoms with Gasteiger partial charge in [-0.1, -0.05) is 13.3 Å². The van der Waals surface area contributed by atoms with E-state index < -0.39 is 5.97 Å². The van der Waals surface area contributed by atoms with Gasteiger partial charge in [-0.2, -0.15) is 0 Å². The van der Waals surface area contributed by atoms with Crippen molar-refractivity contribution in [3.63, 3.8) is 0 Å². The second kappa shape index (κ2) is 5.87. The van der Waals surface area contributed by atoms with Gasteiger partial charge in [0, 0.05) is 25.9 Å². The van der Waals surface area contributed by atoms with Crippen molar-refractivity contribution < 1.29 is 14.7 Å². The van der Waals surface area contributed by atoms with Gasteiger partial charge in [-0.15, -0.1) is 0 Å². The molecular formula is C12H21NO3. The molecule has 1 rings (SSSR count). The molecule has 16 heavy (non-hydrogen) atoms. The highest BCUT2D eigenvalue weighted by Crippen LogP contribution is 2.32. The average molecular weight is 227 g/mol. The van der Waals surface area contributed by atoms with E-state index >= 15 is 0 Å². The van der Waals surface area contributed by atoms with Gasteiger partial charge in [0.05, 0.1) is 0 Å². The van der Waals surface area contributed by atoms with E-state index in [0.29, 0.717) is 18.9 Å². The van der Waals surface area contributed by atoms with Crippen molar-refractivity contribution in [1.82, 2.24) is 4.90 Å². The number of nitrogens with zero attached hydrogens (tertiary/aromatic N) is 1. The van der Waals surface area contributed by atoms with Crippen molar-refractivity contribution in [2.75, 3.05) is 13.6 Å². The number of rotatable bonds is 5. The molecule has 1 aliphatic rings. The molecule has 1 saturated carbocycles. The molecule has 1 N–H and O–H groups in total. The van der Waals surface area contributed by atoms with Crippen LogP contribution in [0.25, 0.3) is 0 Å². The molecule has 4 nitrogen and oxygen atoms in total. The van der Waals surface area contributed by atoms with E-state index in [0.717, 1.165) is 19.3 Å². The monoisotopic (exact) mass is 227 g/mol. The van der Waals surface area contributed by atoms with Crippen LogP contribution >= 0.6 is 0 Å². The predicted molar refractivity (Wildman–Crippen MR) is 61.0 cm³/mol. The first-order valence-corrected chi connectivity index (χ1v) is 5.99. The second-order valence-electron chi connectivity index (χ2n) is 4.77. The Morgan fingerprint density at radius 3 is 2.56 bits per heavy atom. The minimum atomic E-state index is -0.796. The molecule has 0 bridgehead atoms. The van der Waals surface area contributed by atoms with Crippen molar-refractivity contribution in [2.24, 2.45) is 11.8 Å². The number of aliphatic carboxylic acids is 1.